The molecule has 0 saturated heterocycles. The molecule has 29 heavy (non-hydrogen) atoms. The average molecular weight is 390 g/mol. The highest BCUT2D eigenvalue weighted by Crippen LogP contribution is 2.15. The molecule has 1 amide bonds. The van der Waals surface area contributed by atoms with Gasteiger partial charge in [-0.1, -0.05) is 36.4 Å². The Hall–Kier alpha value is -3.48. The number of carbonyl (C=O) groups excluding carboxylic acids is 2. The van der Waals surface area contributed by atoms with E-state index in [9.17, 15) is 9.59 Å². The van der Waals surface area contributed by atoms with Crippen LogP contribution in [-0.2, 0) is 20.9 Å². The first-order valence-electron chi connectivity index (χ1n) is 9.62. The summed E-state index contributed by atoms with van der Waals surface area (Å²) in [6.07, 6.45) is 4.56. The maximum absolute atomic E-state index is 12.4. The van der Waals surface area contributed by atoms with Gasteiger partial charge in [-0.2, -0.15) is 5.10 Å². The van der Waals surface area contributed by atoms with Crippen molar-refractivity contribution in [2.75, 3.05) is 6.54 Å². The minimum atomic E-state index is -0.418. The molecule has 3 aromatic rings. The number of hydrogen-bond donors (Lipinski definition) is 0. The minimum Gasteiger partial charge on any atom is -0.459 e. The molecule has 0 unspecified atom stereocenters. The number of aryl methyl sites for hydroxylation is 1. The molecule has 3 heterocycles. The molecular formula is C22H22N4O3. The molecule has 0 fully saturated rings. The molecule has 1 aliphatic heterocycles. The largest absolute Gasteiger partial charge is 0.459 e. The molecule has 0 atom stereocenters. The Balaban J connectivity index is 1.26. The van der Waals surface area contributed by atoms with Gasteiger partial charge in [-0.05, 0) is 24.1 Å². The van der Waals surface area contributed by atoms with E-state index in [0.29, 0.717) is 18.7 Å². The lowest BCUT2D eigenvalue weighted by molar-refractivity contribution is -0.147. The summed E-state index contributed by atoms with van der Waals surface area (Å²) in [4.78, 5) is 28.9. The second-order valence-electron chi connectivity index (χ2n) is 6.99. The van der Waals surface area contributed by atoms with E-state index in [1.54, 1.807) is 0 Å². The van der Waals surface area contributed by atoms with E-state index in [-0.39, 0.29) is 25.4 Å². The van der Waals surface area contributed by atoms with Crippen molar-refractivity contribution in [3.8, 4) is 0 Å². The van der Waals surface area contributed by atoms with Crippen LogP contribution in [-0.4, -0.2) is 38.5 Å². The number of carbonyl (C=O) groups is 2. The van der Waals surface area contributed by atoms with Crippen molar-refractivity contribution in [3.63, 3.8) is 0 Å². The van der Waals surface area contributed by atoms with Crippen molar-refractivity contribution < 1.29 is 14.3 Å². The topological polar surface area (TPSA) is 76.3 Å². The number of aromatic nitrogens is 2. The molecule has 7 nitrogen and oxygen atoms in total. The third-order valence-electron chi connectivity index (χ3n) is 4.85. The molecule has 0 spiro atoms. The van der Waals surface area contributed by atoms with Gasteiger partial charge in [-0.25, -0.2) is 9.99 Å². The molecule has 1 aromatic carbocycles. The Morgan fingerprint density at radius 3 is 2.72 bits per heavy atom. The van der Waals surface area contributed by atoms with Crippen molar-refractivity contribution in [2.45, 2.75) is 32.8 Å². The first kappa shape index (κ1) is 18.9. The van der Waals surface area contributed by atoms with Gasteiger partial charge in [0, 0.05) is 25.2 Å². The van der Waals surface area contributed by atoms with Crippen LogP contribution < -0.4 is 0 Å². The summed E-state index contributed by atoms with van der Waals surface area (Å²) in [5.74, 6) is -0.588. The Bertz CT molecular complexity index is 1070. The van der Waals surface area contributed by atoms with Gasteiger partial charge in [0.05, 0.1) is 24.4 Å². The summed E-state index contributed by atoms with van der Waals surface area (Å²) in [5.41, 5.74) is 4.48. The van der Waals surface area contributed by atoms with E-state index in [1.807, 2.05) is 66.2 Å². The summed E-state index contributed by atoms with van der Waals surface area (Å²) < 4.78 is 7.18. The molecule has 0 radical (unpaired) electrons. The van der Waals surface area contributed by atoms with E-state index in [4.69, 9.17) is 4.74 Å². The second-order valence-corrected chi connectivity index (χ2v) is 6.99. The number of pyridine rings is 1. The summed E-state index contributed by atoms with van der Waals surface area (Å²) in [5, 5.41) is 5.84. The number of amides is 1. The molecule has 0 N–H and O–H groups in total. The van der Waals surface area contributed by atoms with Crippen LogP contribution in [0.3, 0.4) is 0 Å². The van der Waals surface area contributed by atoms with Gasteiger partial charge >= 0.3 is 5.97 Å². The lowest BCUT2D eigenvalue weighted by Gasteiger charge is -2.10. The number of ether oxygens (including phenoxy) is 1. The lowest BCUT2D eigenvalue weighted by Crippen LogP contribution is -2.24. The summed E-state index contributed by atoms with van der Waals surface area (Å²) in [6, 6.07) is 13.7. The highest BCUT2D eigenvalue weighted by atomic mass is 16.5. The standard InChI is InChI=1S/C22H22N4O3/c1-16-6-5-12-25-14-18(23-22(16)25)15-29-21(28)10-9-20(27)26-13-11-19(24-26)17-7-3-2-4-8-17/h2-8,12,14H,9-11,13,15H2,1H3. The first-order chi connectivity index (χ1) is 14.1. The van der Waals surface area contributed by atoms with Crippen molar-refractivity contribution in [1.29, 1.82) is 0 Å². The number of fused-ring (bicyclic) bond motifs is 1. The van der Waals surface area contributed by atoms with Crippen molar-refractivity contribution in [2.24, 2.45) is 5.10 Å². The molecule has 0 saturated carbocycles. The second kappa shape index (κ2) is 8.26. The van der Waals surface area contributed by atoms with Crippen molar-refractivity contribution in [1.82, 2.24) is 14.4 Å². The highest BCUT2D eigenvalue weighted by molar-refractivity contribution is 6.02. The molecule has 0 bridgehead atoms. The monoisotopic (exact) mass is 390 g/mol. The number of esters is 1. The van der Waals surface area contributed by atoms with Crippen LogP contribution >= 0.6 is 0 Å². The third kappa shape index (κ3) is 4.34. The number of benzene rings is 1. The van der Waals surface area contributed by atoms with Gasteiger partial charge in [-0.15, -0.1) is 0 Å². The predicted molar refractivity (Wildman–Crippen MR) is 108 cm³/mol. The molecule has 1 aliphatic rings. The van der Waals surface area contributed by atoms with E-state index in [2.05, 4.69) is 10.1 Å². The van der Waals surface area contributed by atoms with Gasteiger partial charge < -0.3 is 9.14 Å². The van der Waals surface area contributed by atoms with E-state index >= 15 is 0 Å². The SMILES string of the molecule is Cc1cccn2cc(COC(=O)CCC(=O)N3CCC(c4ccccc4)=N3)nc12. The van der Waals surface area contributed by atoms with Gasteiger partial charge in [0.1, 0.15) is 12.3 Å². The maximum Gasteiger partial charge on any atom is 0.306 e. The van der Waals surface area contributed by atoms with Crippen LogP contribution in [0.5, 0.6) is 0 Å². The molecule has 7 heteroatoms. The average Bonchev–Trinajstić information content (AvgIpc) is 3.39. The molecular weight excluding hydrogens is 368 g/mol. The van der Waals surface area contributed by atoms with Crippen molar-refractivity contribution in [3.05, 3.63) is 71.7 Å². The molecule has 2 aromatic heterocycles. The Morgan fingerprint density at radius 1 is 1.10 bits per heavy atom. The first-order valence-corrected chi connectivity index (χ1v) is 9.62. The van der Waals surface area contributed by atoms with Crippen LogP contribution in [0.4, 0.5) is 0 Å². The Morgan fingerprint density at radius 2 is 1.93 bits per heavy atom. The molecule has 148 valence electrons. The zero-order valence-electron chi connectivity index (χ0n) is 16.2. The number of imidazole rings is 1. The summed E-state index contributed by atoms with van der Waals surface area (Å²) in [6.45, 7) is 2.61. The van der Waals surface area contributed by atoms with Crippen LogP contribution in [0.15, 0.2) is 60.0 Å². The van der Waals surface area contributed by atoms with Gasteiger partial charge in [0.2, 0.25) is 5.91 Å². The van der Waals surface area contributed by atoms with Crippen molar-refractivity contribution >= 4 is 23.2 Å². The van der Waals surface area contributed by atoms with E-state index in [1.165, 1.54) is 5.01 Å². The molecule has 4 rings (SSSR count). The van der Waals surface area contributed by atoms with Crippen LogP contribution in [0.25, 0.3) is 5.65 Å². The van der Waals surface area contributed by atoms with Crippen LogP contribution in [0.2, 0.25) is 0 Å². The fourth-order valence-electron chi connectivity index (χ4n) is 3.31. The fraction of sp³-hybridized carbons (Fsp3) is 0.273. The van der Waals surface area contributed by atoms with E-state index in [0.717, 1.165) is 22.5 Å². The van der Waals surface area contributed by atoms with Gasteiger partial charge in [0.25, 0.3) is 0 Å². The molecule has 0 aliphatic carbocycles. The normalized spacial score (nSPS) is 13.6. The summed E-state index contributed by atoms with van der Waals surface area (Å²) >= 11 is 0. The van der Waals surface area contributed by atoms with Crippen LogP contribution in [0.1, 0.15) is 36.1 Å². The highest BCUT2D eigenvalue weighted by Gasteiger charge is 2.22. The smallest absolute Gasteiger partial charge is 0.306 e. The fourth-order valence-corrected chi connectivity index (χ4v) is 3.31. The maximum atomic E-state index is 12.4. The number of nitrogens with zero attached hydrogens (tertiary/aromatic N) is 4. The number of rotatable bonds is 6. The van der Waals surface area contributed by atoms with Crippen LogP contribution in [0, 0.1) is 6.92 Å². The lowest BCUT2D eigenvalue weighted by atomic mass is 10.1. The quantitative estimate of drug-likeness (QED) is 0.606. The number of hydrogen-bond acceptors (Lipinski definition) is 5. The Labute approximate surface area is 168 Å². The zero-order valence-corrected chi connectivity index (χ0v) is 16.2. The predicted octanol–water partition coefficient (Wildman–Crippen LogP) is 3.10. The number of hydrazone groups is 1. The minimum absolute atomic E-state index is 0.0257. The zero-order chi connectivity index (χ0) is 20.2. The van der Waals surface area contributed by atoms with Gasteiger partial charge in [-0.3, -0.25) is 9.59 Å². The summed E-state index contributed by atoms with van der Waals surface area (Å²) in [7, 11) is 0. The van der Waals surface area contributed by atoms with Gasteiger partial charge in [0.15, 0.2) is 0 Å². The third-order valence-corrected chi connectivity index (χ3v) is 4.85. The Kier molecular flexibility index (Phi) is 5.37. The van der Waals surface area contributed by atoms with E-state index < -0.39 is 5.97 Å².